The summed E-state index contributed by atoms with van der Waals surface area (Å²) in [6.45, 7) is 0.884. The number of furan rings is 1. The van der Waals surface area contributed by atoms with Crippen LogP contribution in [-0.4, -0.2) is 45.7 Å². The van der Waals surface area contributed by atoms with Gasteiger partial charge in [-0.25, -0.2) is 18.6 Å². The molecule has 1 saturated heterocycles. The number of hydrogen-bond acceptors (Lipinski definition) is 7. The third kappa shape index (κ3) is 6.24. The molecule has 1 aliphatic rings. The van der Waals surface area contributed by atoms with Gasteiger partial charge in [0.05, 0.1) is 23.8 Å². The highest BCUT2D eigenvalue weighted by Gasteiger charge is 2.19. The zero-order valence-corrected chi connectivity index (χ0v) is 16.9. The Hall–Kier alpha value is -3.02. The first-order valence-electron chi connectivity index (χ1n) is 9.30. The second-order valence-corrected chi connectivity index (χ2v) is 8.25. The fourth-order valence-corrected chi connectivity index (χ4v) is 3.72. The van der Waals surface area contributed by atoms with Crippen molar-refractivity contribution in [3.8, 4) is 0 Å². The molecule has 0 unspecified atom stereocenters. The van der Waals surface area contributed by atoms with Gasteiger partial charge >= 0.3 is 11.8 Å². The molecule has 11 heteroatoms. The van der Waals surface area contributed by atoms with E-state index >= 15 is 0 Å². The summed E-state index contributed by atoms with van der Waals surface area (Å²) < 4.78 is 37.6. The Balaban J connectivity index is 1.43. The van der Waals surface area contributed by atoms with Gasteiger partial charge in [0.15, 0.2) is 0 Å². The smallest absolute Gasteiger partial charge is 0.329 e. The predicted octanol–water partition coefficient (Wildman–Crippen LogP) is 0.503. The maximum Gasteiger partial charge on any atom is 0.329 e. The van der Waals surface area contributed by atoms with Crippen LogP contribution >= 0.6 is 0 Å². The first-order valence-corrected chi connectivity index (χ1v) is 10.8. The van der Waals surface area contributed by atoms with E-state index in [1.54, 1.807) is 30.3 Å². The molecule has 0 saturated carbocycles. The number of ether oxygens (including phenoxy) is 1. The first kappa shape index (κ1) is 21.7. The minimum Gasteiger partial charge on any atom is -0.459 e. The predicted molar refractivity (Wildman–Crippen MR) is 107 cm³/mol. The average molecular weight is 434 g/mol. The maximum absolute atomic E-state index is 12.2. The fourth-order valence-electron chi connectivity index (χ4n) is 2.71. The van der Waals surface area contributed by atoms with Crippen molar-refractivity contribution in [1.82, 2.24) is 15.5 Å². The Morgan fingerprint density at radius 2 is 1.93 bits per heavy atom. The van der Waals surface area contributed by atoms with Crippen LogP contribution in [0.4, 0.5) is 0 Å². The number of rotatable bonds is 8. The number of carbonyl (C=O) groups is 2. The van der Waals surface area contributed by atoms with E-state index in [2.05, 4.69) is 20.6 Å². The third-order valence-corrected chi connectivity index (χ3v) is 5.67. The van der Waals surface area contributed by atoms with E-state index in [1.165, 1.54) is 18.3 Å². The summed E-state index contributed by atoms with van der Waals surface area (Å²) in [5.74, 6) is -1.08. The van der Waals surface area contributed by atoms with Crippen molar-refractivity contribution in [2.24, 2.45) is 5.10 Å². The Kier molecular flexibility index (Phi) is 7.33. The molecule has 0 bridgehead atoms. The molecule has 3 N–H and O–H groups in total. The molecule has 1 aliphatic heterocycles. The average Bonchev–Trinajstić information content (AvgIpc) is 3.43. The largest absolute Gasteiger partial charge is 0.459 e. The lowest BCUT2D eigenvalue weighted by Gasteiger charge is -2.09. The minimum absolute atomic E-state index is 0.0525. The van der Waals surface area contributed by atoms with Gasteiger partial charge < -0.3 is 14.5 Å². The number of benzene rings is 1. The lowest BCUT2D eigenvalue weighted by Crippen LogP contribution is -2.41. The number of hydrogen-bond donors (Lipinski definition) is 3. The zero-order chi connectivity index (χ0) is 21.4. The SMILES string of the molecule is O=C(NC[C@H]1CCCO1)C(=O)N/N=C/c1ccc(CNS(=O)(=O)c2ccccc2)o1. The van der Waals surface area contributed by atoms with E-state index < -0.39 is 21.8 Å². The highest BCUT2D eigenvalue weighted by Crippen LogP contribution is 2.11. The molecule has 2 aromatic rings. The van der Waals surface area contributed by atoms with Crippen molar-refractivity contribution in [3.05, 3.63) is 54.0 Å². The van der Waals surface area contributed by atoms with Crippen LogP contribution < -0.4 is 15.5 Å². The topological polar surface area (TPSA) is 139 Å². The number of nitrogens with zero attached hydrogens (tertiary/aromatic N) is 1. The molecule has 10 nitrogen and oxygen atoms in total. The van der Waals surface area contributed by atoms with Gasteiger partial charge in [-0.05, 0) is 37.1 Å². The van der Waals surface area contributed by atoms with Crippen molar-refractivity contribution < 1.29 is 27.2 Å². The van der Waals surface area contributed by atoms with E-state index in [0.29, 0.717) is 12.4 Å². The first-order chi connectivity index (χ1) is 14.4. The van der Waals surface area contributed by atoms with Crippen LogP contribution in [0.5, 0.6) is 0 Å². The van der Waals surface area contributed by atoms with Crippen LogP contribution in [0.2, 0.25) is 0 Å². The molecular formula is C19H22N4O6S. The second-order valence-electron chi connectivity index (χ2n) is 6.49. The maximum atomic E-state index is 12.2. The number of carbonyl (C=O) groups excluding carboxylic acids is 2. The highest BCUT2D eigenvalue weighted by atomic mass is 32.2. The van der Waals surface area contributed by atoms with Gasteiger partial charge in [0, 0.05) is 13.2 Å². The molecule has 1 fully saturated rings. The molecular weight excluding hydrogens is 412 g/mol. The fraction of sp³-hybridized carbons (Fsp3) is 0.316. The number of amides is 2. The summed E-state index contributed by atoms with van der Waals surface area (Å²) >= 11 is 0. The standard InChI is InChI=1S/C19H22N4O6S/c24-18(20-11-14-5-4-10-28-14)19(25)23-21-12-15-8-9-16(29-15)13-22-30(26,27)17-6-2-1-3-7-17/h1-3,6-9,12,14,22H,4-5,10-11,13H2,(H,20,24)(H,23,25)/b21-12+/t14-/m1/s1. The molecule has 0 radical (unpaired) electrons. The normalized spacial score (nSPS) is 16.6. The molecule has 1 aromatic carbocycles. The van der Waals surface area contributed by atoms with Gasteiger partial charge in [0.1, 0.15) is 11.5 Å². The van der Waals surface area contributed by atoms with Crippen molar-refractivity contribution in [3.63, 3.8) is 0 Å². The molecule has 2 heterocycles. The molecule has 30 heavy (non-hydrogen) atoms. The summed E-state index contributed by atoms with van der Waals surface area (Å²) in [6.07, 6.45) is 2.93. The van der Waals surface area contributed by atoms with E-state index in [-0.39, 0.29) is 29.8 Å². The van der Waals surface area contributed by atoms with Crippen molar-refractivity contribution >= 4 is 28.1 Å². The Labute approximate surface area is 173 Å². The molecule has 3 rings (SSSR count). The van der Waals surface area contributed by atoms with Crippen molar-refractivity contribution in [2.45, 2.75) is 30.4 Å². The summed E-state index contributed by atoms with van der Waals surface area (Å²) in [5.41, 5.74) is 2.10. The van der Waals surface area contributed by atoms with E-state index in [0.717, 1.165) is 12.8 Å². The summed E-state index contributed by atoms with van der Waals surface area (Å²) in [5, 5.41) is 6.15. The lowest BCUT2D eigenvalue weighted by atomic mass is 10.2. The number of sulfonamides is 1. The summed E-state index contributed by atoms with van der Waals surface area (Å²) in [4.78, 5) is 23.6. The zero-order valence-electron chi connectivity index (χ0n) is 16.0. The van der Waals surface area contributed by atoms with Crippen LogP contribution in [0.25, 0.3) is 0 Å². The molecule has 0 spiro atoms. The molecule has 0 aliphatic carbocycles. The van der Waals surface area contributed by atoms with E-state index in [9.17, 15) is 18.0 Å². The molecule has 2 amide bonds. The van der Waals surface area contributed by atoms with Crippen LogP contribution in [0.1, 0.15) is 24.4 Å². The van der Waals surface area contributed by atoms with Gasteiger partial charge in [-0.3, -0.25) is 9.59 Å². The van der Waals surface area contributed by atoms with Crippen LogP contribution in [0, 0.1) is 0 Å². The summed E-state index contributed by atoms with van der Waals surface area (Å²) in [7, 11) is -3.65. The van der Waals surface area contributed by atoms with Gasteiger partial charge in [0.25, 0.3) is 0 Å². The van der Waals surface area contributed by atoms with Gasteiger partial charge in [-0.2, -0.15) is 5.10 Å². The van der Waals surface area contributed by atoms with Crippen LogP contribution in [0.3, 0.4) is 0 Å². The summed E-state index contributed by atoms with van der Waals surface area (Å²) in [6, 6.07) is 11.1. The third-order valence-electron chi connectivity index (χ3n) is 4.25. The van der Waals surface area contributed by atoms with Gasteiger partial charge in [0.2, 0.25) is 10.0 Å². The lowest BCUT2D eigenvalue weighted by molar-refractivity contribution is -0.139. The quantitative estimate of drug-likeness (QED) is 0.314. The van der Waals surface area contributed by atoms with Crippen molar-refractivity contribution in [1.29, 1.82) is 0 Å². The number of hydrazone groups is 1. The monoisotopic (exact) mass is 434 g/mol. The minimum atomic E-state index is -3.65. The number of nitrogens with one attached hydrogen (secondary N) is 3. The van der Waals surface area contributed by atoms with E-state index in [4.69, 9.17) is 9.15 Å². The van der Waals surface area contributed by atoms with E-state index in [1.807, 2.05) is 0 Å². The Morgan fingerprint density at radius 3 is 2.67 bits per heavy atom. The van der Waals surface area contributed by atoms with Crippen molar-refractivity contribution in [2.75, 3.05) is 13.2 Å². The highest BCUT2D eigenvalue weighted by molar-refractivity contribution is 7.89. The Bertz CT molecular complexity index is 997. The Morgan fingerprint density at radius 1 is 1.13 bits per heavy atom. The van der Waals surface area contributed by atoms with Gasteiger partial charge in [-0.15, -0.1) is 0 Å². The second kappa shape index (κ2) is 10.1. The van der Waals surface area contributed by atoms with Crippen LogP contribution in [-0.2, 0) is 30.9 Å². The molecule has 160 valence electrons. The van der Waals surface area contributed by atoms with Gasteiger partial charge in [-0.1, -0.05) is 18.2 Å². The van der Waals surface area contributed by atoms with Crippen LogP contribution in [0.15, 0.2) is 56.9 Å². The molecule has 1 atom stereocenters. The molecule has 1 aromatic heterocycles.